The molecule has 32 heavy (non-hydrogen) atoms. The second-order valence-electron chi connectivity index (χ2n) is 12.1. The Hall–Kier alpha value is -0.280. The average Bonchev–Trinajstić information content (AvgIpc) is 2.82. The predicted molar refractivity (Wildman–Crippen MR) is 124 cm³/mol. The van der Waals surface area contributed by atoms with Crippen molar-refractivity contribution in [2.24, 2.45) is 41.4 Å². The van der Waals surface area contributed by atoms with Crippen LogP contribution in [0.1, 0.15) is 110 Å². The first-order valence-corrected chi connectivity index (χ1v) is 14.0. The van der Waals surface area contributed by atoms with Crippen LogP contribution in [0.4, 0.5) is 17.6 Å². The van der Waals surface area contributed by atoms with Crippen LogP contribution in [0.2, 0.25) is 0 Å². The molecular weight excluding hydrogens is 412 g/mol. The van der Waals surface area contributed by atoms with Crippen molar-refractivity contribution >= 4 is 0 Å². The van der Waals surface area contributed by atoms with Crippen LogP contribution in [0.25, 0.3) is 0 Å². The van der Waals surface area contributed by atoms with Crippen LogP contribution in [-0.2, 0) is 0 Å². The van der Waals surface area contributed by atoms with Gasteiger partial charge in [0.15, 0.2) is 0 Å². The summed E-state index contributed by atoms with van der Waals surface area (Å²) in [4.78, 5) is 0. The van der Waals surface area contributed by atoms with E-state index >= 15 is 0 Å². The lowest BCUT2D eigenvalue weighted by Gasteiger charge is -2.41. The van der Waals surface area contributed by atoms with Gasteiger partial charge in [-0.3, -0.25) is 0 Å². The third-order valence-electron chi connectivity index (χ3n) is 10.2. The summed E-state index contributed by atoms with van der Waals surface area (Å²) >= 11 is 0. The summed E-state index contributed by atoms with van der Waals surface area (Å²) in [6.07, 6.45) is 11.3. The van der Waals surface area contributed by atoms with Crippen LogP contribution < -0.4 is 0 Å². The Kier molecular flexibility index (Phi) is 8.87. The van der Waals surface area contributed by atoms with E-state index in [2.05, 4.69) is 0 Å². The van der Waals surface area contributed by atoms with E-state index in [1.807, 2.05) is 6.92 Å². The van der Waals surface area contributed by atoms with Crippen molar-refractivity contribution in [2.45, 2.75) is 134 Å². The van der Waals surface area contributed by atoms with Gasteiger partial charge in [0, 0.05) is 0 Å². The minimum atomic E-state index is -1.28. The second kappa shape index (κ2) is 11.4. The van der Waals surface area contributed by atoms with Gasteiger partial charge in [-0.15, -0.1) is 0 Å². The van der Waals surface area contributed by atoms with Crippen LogP contribution in [0.5, 0.6) is 0 Å². The molecule has 0 aromatic rings. The number of alkyl halides is 4. The number of hydrogen-bond acceptors (Lipinski definition) is 0. The molecule has 4 rings (SSSR count). The van der Waals surface area contributed by atoms with Gasteiger partial charge < -0.3 is 0 Å². The van der Waals surface area contributed by atoms with E-state index in [1.54, 1.807) is 0 Å². The minimum Gasteiger partial charge on any atom is -0.244 e. The minimum absolute atomic E-state index is 0.0390. The first-order valence-electron chi connectivity index (χ1n) is 14.0. The summed E-state index contributed by atoms with van der Waals surface area (Å²) in [6, 6.07) is 0. The Morgan fingerprint density at radius 3 is 1.81 bits per heavy atom. The molecule has 4 saturated carbocycles. The summed E-state index contributed by atoms with van der Waals surface area (Å²) in [6.45, 7) is 1.83. The molecule has 0 heterocycles. The zero-order valence-corrected chi connectivity index (χ0v) is 20.2. The van der Waals surface area contributed by atoms with Crippen molar-refractivity contribution in [3.05, 3.63) is 0 Å². The first kappa shape index (κ1) is 24.8. The molecule has 0 aromatic heterocycles. The van der Waals surface area contributed by atoms with Crippen LogP contribution in [0.15, 0.2) is 0 Å². The van der Waals surface area contributed by atoms with Gasteiger partial charge in [-0.1, -0.05) is 64.7 Å². The van der Waals surface area contributed by atoms with Crippen molar-refractivity contribution in [2.75, 3.05) is 0 Å². The van der Waals surface area contributed by atoms with Gasteiger partial charge >= 0.3 is 0 Å². The molecule has 0 aromatic carbocycles. The van der Waals surface area contributed by atoms with Crippen LogP contribution >= 0.6 is 0 Å². The number of hydrogen-bond donors (Lipinski definition) is 0. The largest absolute Gasteiger partial charge is 0.244 e. The maximum absolute atomic E-state index is 14.9. The standard InChI is InChI=1S/C28H46F4/c1-18-10-16-23(27(31)25(18)29)21-13-11-19(12-14-21)6-5-9-22-15-17-24(28(32)26(22)30)20-7-3-2-4-8-20/h18-28H,2-17H2,1H3. The van der Waals surface area contributed by atoms with Gasteiger partial charge in [0.2, 0.25) is 0 Å². The highest BCUT2D eigenvalue weighted by molar-refractivity contribution is 4.93. The highest BCUT2D eigenvalue weighted by Gasteiger charge is 2.44. The fourth-order valence-corrected chi connectivity index (χ4v) is 7.98. The lowest BCUT2D eigenvalue weighted by molar-refractivity contribution is -0.0129. The zero-order valence-electron chi connectivity index (χ0n) is 20.2. The fraction of sp³-hybridized carbons (Fsp3) is 1.00. The van der Waals surface area contributed by atoms with Gasteiger partial charge in [-0.05, 0) is 86.4 Å². The van der Waals surface area contributed by atoms with Crippen molar-refractivity contribution in [3.8, 4) is 0 Å². The topological polar surface area (TPSA) is 0 Å². The Labute approximate surface area is 193 Å². The zero-order chi connectivity index (χ0) is 22.7. The Morgan fingerprint density at radius 1 is 0.531 bits per heavy atom. The molecule has 0 aliphatic heterocycles. The van der Waals surface area contributed by atoms with Crippen molar-refractivity contribution in [3.63, 3.8) is 0 Å². The molecule has 4 heteroatoms. The van der Waals surface area contributed by atoms with E-state index in [0.29, 0.717) is 17.8 Å². The average molecular weight is 459 g/mol. The quantitative estimate of drug-likeness (QED) is 0.348. The summed E-state index contributed by atoms with van der Waals surface area (Å²) in [7, 11) is 0. The monoisotopic (exact) mass is 458 g/mol. The van der Waals surface area contributed by atoms with Crippen LogP contribution in [0.3, 0.4) is 0 Å². The van der Waals surface area contributed by atoms with Crippen LogP contribution in [-0.4, -0.2) is 24.7 Å². The van der Waals surface area contributed by atoms with Gasteiger partial charge in [-0.25, -0.2) is 17.6 Å². The molecule has 4 aliphatic rings. The van der Waals surface area contributed by atoms with Crippen molar-refractivity contribution < 1.29 is 17.6 Å². The molecule has 0 amide bonds. The van der Waals surface area contributed by atoms with Gasteiger partial charge in [0.1, 0.15) is 24.7 Å². The van der Waals surface area contributed by atoms with E-state index in [9.17, 15) is 17.6 Å². The molecule has 186 valence electrons. The van der Waals surface area contributed by atoms with Crippen molar-refractivity contribution in [1.82, 2.24) is 0 Å². The molecule has 0 nitrogen and oxygen atoms in total. The molecule has 0 radical (unpaired) electrons. The molecule has 0 N–H and O–H groups in total. The van der Waals surface area contributed by atoms with Gasteiger partial charge in [0.05, 0.1) is 0 Å². The number of rotatable bonds is 6. The smallest absolute Gasteiger partial charge is 0.134 e. The maximum Gasteiger partial charge on any atom is 0.134 e. The van der Waals surface area contributed by atoms with E-state index < -0.39 is 24.7 Å². The molecule has 4 aliphatic carbocycles. The van der Waals surface area contributed by atoms with E-state index in [0.717, 1.165) is 83.5 Å². The maximum atomic E-state index is 14.9. The lowest BCUT2D eigenvalue weighted by atomic mass is 9.67. The molecule has 0 spiro atoms. The lowest BCUT2D eigenvalue weighted by Crippen LogP contribution is -2.41. The normalized spacial score (nSPS) is 46.8. The van der Waals surface area contributed by atoms with Crippen LogP contribution in [0, 0.1) is 41.4 Å². The molecule has 8 atom stereocenters. The van der Waals surface area contributed by atoms with E-state index in [-0.39, 0.29) is 23.7 Å². The van der Waals surface area contributed by atoms with Gasteiger partial charge in [0.25, 0.3) is 0 Å². The summed E-state index contributed by atoms with van der Waals surface area (Å²) in [5.41, 5.74) is 0. The first-order chi connectivity index (χ1) is 15.5. The summed E-state index contributed by atoms with van der Waals surface area (Å²) in [5, 5.41) is 0. The second-order valence-corrected chi connectivity index (χ2v) is 12.1. The van der Waals surface area contributed by atoms with Crippen molar-refractivity contribution in [1.29, 1.82) is 0 Å². The third kappa shape index (κ3) is 5.68. The summed E-state index contributed by atoms with van der Waals surface area (Å²) in [5.74, 6) is 1.02. The Morgan fingerprint density at radius 2 is 1.12 bits per heavy atom. The van der Waals surface area contributed by atoms with E-state index in [4.69, 9.17) is 0 Å². The number of halogens is 4. The third-order valence-corrected chi connectivity index (χ3v) is 10.2. The highest BCUT2D eigenvalue weighted by Crippen LogP contribution is 2.46. The predicted octanol–water partition coefficient (Wildman–Crippen LogP) is 8.97. The molecule has 0 bridgehead atoms. The fourth-order valence-electron chi connectivity index (χ4n) is 7.98. The highest BCUT2D eigenvalue weighted by atomic mass is 19.2. The molecular formula is C28H46F4. The molecule has 8 unspecified atom stereocenters. The molecule has 0 saturated heterocycles. The Balaban J connectivity index is 1.15. The SMILES string of the molecule is CC1CCC(C2CCC(CCCC3CCC(C4CCCCC4)C(F)C3F)CC2)C(F)C1F. The Bertz CT molecular complexity index is 554. The van der Waals surface area contributed by atoms with Gasteiger partial charge in [-0.2, -0.15) is 0 Å². The van der Waals surface area contributed by atoms with E-state index in [1.165, 1.54) is 19.3 Å². The molecule has 4 fully saturated rings. The summed E-state index contributed by atoms with van der Waals surface area (Å²) < 4.78 is 58.6.